The smallest absolute Gasteiger partial charge is 0.0722 e. The molecule has 0 rings (SSSR count). The fourth-order valence-electron chi connectivity index (χ4n) is 0.824. The molecule has 0 heterocycles. The second-order valence-corrected chi connectivity index (χ2v) is 4.51. The van der Waals surface area contributed by atoms with Crippen LogP contribution in [0.2, 0.25) is 0 Å². The second kappa shape index (κ2) is 5.82. The highest BCUT2D eigenvalue weighted by molar-refractivity contribution is 9.09. The summed E-state index contributed by atoms with van der Waals surface area (Å²) in [6.07, 6.45) is 5.96. The maximum Gasteiger partial charge on any atom is 0.0722 e. The molecule has 0 aliphatic heterocycles. The molecule has 0 aromatic carbocycles. The van der Waals surface area contributed by atoms with Crippen molar-refractivity contribution >= 4 is 27.5 Å². The molecule has 70 valence electrons. The molecule has 0 radical (unpaired) electrons. The van der Waals surface area contributed by atoms with Gasteiger partial charge in [-0.15, -0.1) is 18.2 Å². The summed E-state index contributed by atoms with van der Waals surface area (Å²) < 4.78 is 0. The summed E-state index contributed by atoms with van der Waals surface area (Å²) in [6, 6.07) is 0. The summed E-state index contributed by atoms with van der Waals surface area (Å²) in [6.45, 7) is 7.91. The molecule has 0 bridgehead atoms. The van der Waals surface area contributed by atoms with E-state index in [4.69, 9.17) is 11.6 Å². The van der Waals surface area contributed by atoms with E-state index in [1.54, 1.807) is 0 Å². The first-order valence-corrected chi connectivity index (χ1v) is 5.56. The third kappa shape index (κ3) is 5.00. The van der Waals surface area contributed by atoms with Crippen LogP contribution in [-0.4, -0.2) is 10.2 Å². The standard InChI is InChI=1S/C10H16BrCl/c1-4-10(12,8-11)7-5-6-9(2)3/h4,6H,1,5,7-8H2,2-3H3/t10-/m1/s1. The van der Waals surface area contributed by atoms with Crippen LogP contribution >= 0.6 is 27.5 Å². The summed E-state index contributed by atoms with van der Waals surface area (Å²) >= 11 is 9.57. The second-order valence-electron chi connectivity index (χ2n) is 3.19. The molecule has 0 saturated heterocycles. The van der Waals surface area contributed by atoms with E-state index >= 15 is 0 Å². The SMILES string of the molecule is C=C[C@](Cl)(CBr)CCC=C(C)C. The highest BCUT2D eigenvalue weighted by Crippen LogP contribution is 2.25. The molecule has 1 atom stereocenters. The summed E-state index contributed by atoms with van der Waals surface area (Å²) in [7, 11) is 0. The maximum absolute atomic E-state index is 6.20. The first-order valence-electron chi connectivity index (χ1n) is 4.06. The average Bonchev–Trinajstić information content (AvgIpc) is 2.03. The van der Waals surface area contributed by atoms with Gasteiger partial charge in [-0.1, -0.05) is 33.7 Å². The number of allylic oxidation sites excluding steroid dienone is 3. The van der Waals surface area contributed by atoms with E-state index in [1.807, 2.05) is 6.08 Å². The van der Waals surface area contributed by atoms with Crippen molar-refractivity contribution in [3.63, 3.8) is 0 Å². The Hall–Kier alpha value is 0.250. The van der Waals surface area contributed by atoms with Crippen LogP contribution in [0.4, 0.5) is 0 Å². The minimum absolute atomic E-state index is 0.272. The van der Waals surface area contributed by atoms with Gasteiger partial charge in [0.05, 0.1) is 4.87 Å². The van der Waals surface area contributed by atoms with Gasteiger partial charge in [-0.25, -0.2) is 0 Å². The highest BCUT2D eigenvalue weighted by atomic mass is 79.9. The average molecular weight is 252 g/mol. The maximum atomic E-state index is 6.20. The van der Waals surface area contributed by atoms with Crippen molar-refractivity contribution in [2.24, 2.45) is 0 Å². The van der Waals surface area contributed by atoms with E-state index in [9.17, 15) is 0 Å². The predicted molar refractivity (Wildman–Crippen MR) is 61.2 cm³/mol. The number of halogens is 2. The molecular formula is C10H16BrCl. The van der Waals surface area contributed by atoms with Gasteiger partial charge in [-0.2, -0.15) is 0 Å². The normalized spacial score (nSPS) is 15.0. The van der Waals surface area contributed by atoms with Crippen LogP contribution in [0.15, 0.2) is 24.3 Å². The van der Waals surface area contributed by atoms with Gasteiger partial charge >= 0.3 is 0 Å². The van der Waals surface area contributed by atoms with Crippen molar-refractivity contribution in [3.05, 3.63) is 24.3 Å². The molecule has 0 fully saturated rings. The Kier molecular flexibility index (Phi) is 5.94. The monoisotopic (exact) mass is 250 g/mol. The lowest BCUT2D eigenvalue weighted by Gasteiger charge is -2.18. The van der Waals surface area contributed by atoms with Crippen molar-refractivity contribution < 1.29 is 0 Å². The molecule has 0 nitrogen and oxygen atoms in total. The zero-order valence-electron chi connectivity index (χ0n) is 7.74. The largest absolute Gasteiger partial charge is 0.114 e. The van der Waals surface area contributed by atoms with Gasteiger partial charge in [0.1, 0.15) is 0 Å². The van der Waals surface area contributed by atoms with Crippen molar-refractivity contribution in [3.8, 4) is 0 Å². The van der Waals surface area contributed by atoms with Gasteiger partial charge in [0.2, 0.25) is 0 Å². The van der Waals surface area contributed by atoms with E-state index in [1.165, 1.54) is 5.57 Å². The van der Waals surface area contributed by atoms with Crippen LogP contribution in [0.1, 0.15) is 26.7 Å². The van der Waals surface area contributed by atoms with E-state index in [2.05, 4.69) is 42.4 Å². The minimum Gasteiger partial charge on any atom is -0.114 e. The van der Waals surface area contributed by atoms with Gasteiger partial charge in [0.25, 0.3) is 0 Å². The van der Waals surface area contributed by atoms with E-state index < -0.39 is 0 Å². The van der Waals surface area contributed by atoms with Crippen LogP contribution < -0.4 is 0 Å². The van der Waals surface area contributed by atoms with E-state index in [0.29, 0.717) is 0 Å². The van der Waals surface area contributed by atoms with Crippen molar-refractivity contribution in [1.29, 1.82) is 0 Å². The highest BCUT2D eigenvalue weighted by Gasteiger charge is 2.19. The fraction of sp³-hybridized carbons (Fsp3) is 0.600. The third-order valence-corrected chi connectivity index (χ3v) is 3.50. The first-order chi connectivity index (χ1) is 5.54. The lowest BCUT2D eigenvalue weighted by molar-refractivity contribution is 0.710. The molecule has 0 amide bonds. The number of hydrogen-bond donors (Lipinski definition) is 0. The molecule has 0 aliphatic rings. The van der Waals surface area contributed by atoms with Crippen LogP contribution in [0.25, 0.3) is 0 Å². The Balaban J connectivity index is 3.89. The van der Waals surface area contributed by atoms with Crippen molar-refractivity contribution in [1.82, 2.24) is 0 Å². The van der Waals surface area contributed by atoms with Crippen molar-refractivity contribution in [2.75, 3.05) is 5.33 Å². The minimum atomic E-state index is -0.272. The number of hydrogen-bond acceptors (Lipinski definition) is 0. The van der Waals surface area contributed by atoms with Crippen LogP contribution in [0.3, 0.4) is 0 Å². The van der Waals surface area contributed by atoms with E-state index in [0.717, 1.165) is 18.2 Å². The first kappa shape index (κ1) is 12.2. The predicted octanol–water partition coefficient (Wildman–Crippen LogP) is 4.29. The zero-order valence-corrected chi connectivity index (χ0v) is 10.1. The van der Waals surface area contributed by atoms with Gasteiger partial charge in [0.15, 0.2) is 0 Å². The Morgan fingerprint density at radius 2 is 2.17 bits per heavy atom. The van der Waals surface area contributed by atoms with Gasteiger partial charge in [-0.05, 0) is 26.7 Å². The van der Waals surface area contributed by atoms with E-state index in [-0.39, 0.29) is 4.87 Å². The molecule has 0 aromatic rings. The van der Waals surface area contributed by atoms with Gasteiger partial charge in [0, 0.05) is 5.33 Å². The summed E-state index contributed by atoms with van der Waals surface area (Å²) in [4.78, 5) is -0.272. The molecule has 0 N–H and O–H groups in total. The molecule has 2 heteroatoms. The topological polar surface area (TPSA) is 0 Å². The Bertz CT molecular complexity index is 171. The number of rotatable bonds is 5. The fourth-order valence-corrected chi connectivity index (χ4v) is 1.44. The molecule has 0 aliphatic carbocycles. The third-order valence-electron chi connectivity index (χ3n) is 1.70. The molecule has 0 unspecified atom stereocenters. The van der Waals surface area contributed by atoms with Gasteiger partial charge < -0.3 is 0 Å². The summed E-state index contributed by atoms with van der Waals surface area (Å²) in [5, 5.41) is 0.766. The van der Waals surface area contributed by atoms with Crippen LogP contribution in [0.5, 0.6) is 0 Å². The lowest BCUT2D eigenvalue weighted by Crippen LogP contribution is -2.19. The molecular weight excluding hydrogens is 235 g/mol. The molecule has 12 heavy (non-hydrogen) atoms. The van der Waals surface area contributed by atoms with Gasteiger partial charge in [-0.3, -0.25) is 0 Å². The molecule has 0 saturated carbocycles. The summed E-state index contributed by atoms with van der Waals surface area (Å²) in [5.74, 6) is 0. The molecule has 0 spiro atoms. The summed E-state index contributed by atoms with van der Waals surface area (Å²) in [5.41, 5.74) is 1.34. The molecule has 0 aromatic heterocycles. The Labute approximate surface area is 88.8 Å². The van der Waals surface area contributed by atoms with Crippen molar-refractivity contribution in [2.45, 2.75) is 31.6 Å². The zero-order chi connectivity index (χ0) is 9.61. The quantitative estimate of drug-likeness (QED) is 0.505. The van der Waals surface area contributed by atoms with Crippen LogP contribution in [-0.2, 0) is 0 Å². The Morgan fingerprint density at radius 1 is 1.58 bits per heavy atom. The Morgan fingerprint density at radius 3 is 2.50 bits per heavy atom. The van der Waals surface area contributed by atoms with Crippen LogP contribution in [0, 0.1) is 0 Å². The lowest BCUT2D eigenvalue weighted by atomic mass is 10.0. The number of alkyl halides is 2.